The Bertz CT molecular complexity index is 16.0. The van der Waals surface area contributed by atoms with Crippen LogP contribution in [0, 0.1) is 14.0 Å². The molecule has 49 valence electrons. The Hall–Kier alpha value is 1.06. The maximum Gasteiger partial charge on any atom is 0 e. The molecule has 0 rings (SSSR count). The molecule has 0 heterocycles. The van der Waals surface area contributed by atoms with E-state index in [-0.39, 0.29) is 32.7 Å². The molecule has 0 aromatic carbocycles. The maximum atomic E-state index is 4.25. The van der Waals surface area contributed by atoms with Crippen LogP contribution in [0.4, 0.5) is 0 Å². The summed E-state index contributed by atoms with van der Waals surface area (Å²) in [7, 11) is 2.75. The zero-order valence-corrected chi connectivity index (χ0v) is 8.53. The minimum Gasteiger partial charge on any atom is -0.486 e. The first-order valence-corrected chi connectivity index (χ1v) is 2.62. The Labute approximate surface area is 78.3 Å². The summed E-state index contributed by atoms with van der Waals surface area (Å²) < 4.78 is 0. The monoisotopic (exact) mass is 190 g/mol. The minimum absolute atomic E-state index is 0. The zero-order valence-electron chi connectivity index (χ0n) is 5.69. The van der Waals surface area contributed by atoms with E-state index in [9.17, 15) is 0 Å². The van der Waals surface area contributed by atoms with Crippen LogP contribution in [-0.2, 0) is 32.7 Å². The first-order valence-electron chi connectivity index (χ1n) is 2.62. The number of unbranched alkanes of at least 4 members (excludes halogenated alkanes) is 2. The standard InChI is InChI=1S/C5H11.CH4N.Y/c1-3-5-4-2;1-2;/h1,3-5H2,2H3;1-2H2;/q2*-1;. The Morgan fingerprint density at radius 1 is 1.38 bits per heavy atom. The molecule has 2 heteroatoms. The largest absolute Gasteiger partial charge is 0.486 e. The molecule has 0 aliphatic rings. The van der Waals surface area contributed by atoms with Crippen molar-refractivity contribution in [3.63, 3.8) is 0 Å². The summed E-state index contributed by atoms with van der Waals surface area (Å²) >= 11 is 0. The molecule has 2 N–H and O–H groups in total. The van der Waals surface area contributed by atoms with Crippen LogP contribution in [0.2, 0.25) is 0 Å². The van der Waals surface area contributed by atoms with Gasteiger partial charge in [0, 0.05) is 32.7 Å². The van der Waals surface area contributed by atoms with Gasteiger partial charge < -0.3 is 12.7 Å². The SMILES string of the molecule is [CH2-]CCCC.[CH2-]N.[Y]. The molecule has 0 bridgehead atoms. The van der Waals surface area contributed by atoms with Gasteiger partial charge in [-0.1, -0.05) is 19.8 Å². The van der Waals surface area contributed by atoms with Gasteiger partial charge in [0.25, 0.3) is 0 Å². The number of rotatable bonds is 2. The molecule has 0 aromatic heterocycles. The fraction of sp³-hybridized carbons (Fsp3) is 0.667. The molecule has 0 aliphatic carbocycles. The summed E-state index contributed by atoms with van der Waals surface area (Å²) in [6, 6.07) is 0. The van der Waals surface area contributed by atoms with Crippen LogP contribution in [0.5, 0.6) is 0 Å². The molecule has 0 amide bonds. The molecule has 0 aromatic rings. The van der Waals surface area contributed by atoms with Gasteiger partial charge in [0.2, 0.25) is 0 Å². The van der Waals surface area contributed by atoms with E-state index in [2.05, 4.69) is 26.6 Å². The van der Waals surface area contributed by atoms with E-state index in [1.807, 2.05) is 0 Å². The summed E-state index contributed by atoms with van der Waals surface area (Å²) in [5.74, 6) is 0. The fourth-order valence-corrected chi connectivity index (χ4v) is 0.250. The van der Waals surface area contributed by atoms with Crippen LogP contribution in [0.3, 0.4) is 0 Å². The molecule has 8 heavy (non-hydrogen) atoms. The third-order valence-corrected chi connectivity index (χ3v) is 0.604. The minimum atomic E-state index is 0. The Morgan fingerprint density at radius 2 is 1.75 bits per heavy atom. The second-order valence-corrected chi connectivity index (χ2v) is 1.21. The van der Waals surface area contributed by atoms with Crippen molar-refractivity contribution in [1.29, 1.82) is 0 Å². The van der Waals surface area contributed by atoms with Gasteiger partial charge >= 0.3 is 0 Å². The molecule has 0 aliphatic heterocycles. The molecule has 0 spiro atoms. The third kappa shape index (κ3) is 27.7. The van der Waals surface area contributed by atoms with Gasteiger partial charge in [-0.2, -0.15) is 6.42 Å². The van der Waals surface area contributed by atoms with Gasteiger partial charge in [-0.25, -0.2) is 0 Å². The number of hydrogen-bond acceptors (Lipinski definition) is 1. The van der Waals surface area contributed by atoms with E-state index in [4.69, 9.17) is 0 Å². The molecule has 0 fully saturated rings. The number of nitrogens with two attached hydrogens (primary N) is 1. The average Bonchev–Trinajstić information content (AvgIpc) is 1.75. The van der Waals surface area contributed by atoms with Crippen LogP contribution in [0.1, 0.15) is 26.2 Å². The van der Waals surface area contributed by atoms with Gasteiger partial charge in [0.05, 0.1) is 0 Å². The van der Waals surface area contributed by atoms with Crippen molar-refractivity contribution in [2.45, 2.75) is 26.2 Å². The smallest absolute Gasteiger partial charge is 0 e. The van der Waals surface area contributed by atoms with Gasteiger partial charge in [-0.3, -0.25) is 7.05 Å². The van der Waals surface area contributed by atoms with Crippen LogP contribution in [-0.4, -0.2) is 0 Å². The summed E-state index contributed by atoms with van der Waals surface area (Å²) in [5.41, 5.74) is 4.25. The second-order valence-electron chi connectivity index (χ2n) is 1.21. The molecule has 0 saturated carbocycles. The van der Waals surface area contributed by atoms with Crippen molar-refractivity contribution < 1.29 is 32.7 Å². The number of hydrogen-bond donors (Lipinski definition) is 1. The van der Waals surface area contributed by atoms with Gasteiger partial charge in [0.1, 0.15) is 0 Å². The van der Waals surface area contributed by atoms with E-state index in [0.29, 0.717) is 0 Å². The van der Waals surface area contributed by atoms with Crippen LogP contribution in [0.15, 0.2) is 0 Å². The second kappa shape index (κ2) is 24.4. The summed E-state index contributed by atoms with van der Waals surface area (Å²) in [4.78, 5) is 0. The van der Waals surface area contributed by atoms with Crippen molar-refractivity contribution in [3.8, 4) is 0 Å². The topological polar surface area (TPSA) is 26.0 Å². The van der Waals surface area contributed by atoms with E-state index in [0.717, 1.165) is 6.42 Å². The van der Waals surface area contributed by atoms with Crippen molar-refractivity contribution >= 4 is 0 Å². The zero-order chi connectivity index (χ0) is 6.12. The predicted octanol–water partition coefficient (Wildman–Crippen LogP) is 1.74. The molecular formula is C6H15NY-2. The summed E-state index contributed by atoms with van der Waals surface area (Å²) in [6.45, 7) is 5.85. The van der Waals surface area contributed by atoms with Gasteiger partial charge in [-0.05, 0) is 0 Å². The van der Waals surface area contributed by atoms with E-state index in [1.54, 1.807) is 0 Å². The van der Waals surface area contributed by atoms with E-state index < -0.39 is 0 Å². The molecular weight excluding hydrogens is 175 g/mol. The Morgan fingerprint density at radius 3 is 1.75 bits per heavy atom. The normalized spacial score (nSPS) is 6.00. The van der Waals surface area contributed by atoms with Crippen LogP contribution in [0.25, 0.3) is 0 Å². The Balaban J connectivity index is -0.0000000750. The van der Waals surface area contributed by atoms with Crippen molar-refractivity contribution in [3.05, 3.63) is 14.0 Å². The predicted molar refractivity (Wildman–Crippen MR) is 34.4 cm³/mol. The molecule has 0 saturated heterocycles. The van der Waals surface area contributed by atoms with Gasteiger partial charge in [-0.15, -0.1) is 0 Å². The average molecular weight is 190 g/mol. The third-order valence-electron chi connectivity index (χ3n) is 0.604. The molecule has 1 nitrogen and oxygen atoms in total. The molecule has 1 radical (unpaired) electrons. The Kier molecular flexibility index (Phi) is 48.8. The van der Waals surface area contributed by atoms with Gasteiger partial charge in [0.15, 0.2) is 0 Å². The van der Waals surface area contributed by atoms with Crippen molar-refractivity contribution in [2.75, 3.05) is 0 Å². The summed E-state index contributed by atoms with van der Waals surface area (Å²) in [5, 5.41) is 0. The first kappa shape index (κ1) is 16.0. The fourth-order valence-electron chi connectivity index (χ4n) is 0.250. The van der Waals surface area contributed by atoms with Crippen molar-refractivity contribution in [2.24, 2.45) is 5.73 Å². The van der Waals surface area contributed by atoms with Crippen molar-refractivity contribution in [1.82, 2.24) is 0 Å². The van der Waals surface area contributed by atoms with E-state index >= 15 is 0 Å². The quantitative estimate of drug-likeness (QED) is 0.659. The maximum absolute atomic E-state index is 4.25. The molecule has 0 atom stereocenters. The first-order chi connectivity index (χ1) is 3.41. The summed E-state index contributed by atoms with van der Waals surface area (Å²) in [6.07, 6.45) is 3.65. The van der Waals surface area contributed by atoms with Crippen LogP contribution >= 0.6 is 0 Å². The van der Waals surface area contributed by atoms with E-state index in [1.165, 1.54) is 12.8 Å². The van der Waals surface area contributed by atoms with Crippen LogP contribution < -0.4 is 5.73 Å². The molecule has 0 unspecified atom stereocenters.